The number of nitrogens with zero attached hydrogens (tertiary/aromatic N) is 1. The maximum Gasteiger partial charge on any atom is 0.182 e. The standard InChI is InChI=1S/C12H12FNO/c1-3-9(7-14)12(15)10-6-8(2)4-5-11(10)13/h4-6,9H,3H2,1-2H3. The Balaban J connectivity index is 3.11. The summed E-state index contributed by atoms with van der Waals surface area (Å²) < 4.78 is 13.3. The van der Waals surface area contributed by atoms with Crippen molar-refractivity contribution in [1.29, 1.82) is 5.26 Å². The molecule has 0 amide bonds. The molecular weight excluding hydrogens is 193 g/mol. The van der Waals surface area contributed by atoms with Crippen molar-refractivity contribution in [2.24, 2.45) is 5.92 Å². The van der Waals surface area contributed by atoms with E-state index >= 15 is 0 Å². The van der Waals surface area contributed by atoms with Crippen LogP contribution in [0.2, 0.25) is 0 Å². The summed E-state index contributed by atoms with van der Waals surface area (Å²) in [5, 5.41) is 8.72. The largest absolute Gasteiger partial charge is 0.293 e. The van der Waals surface area contributed by atoms with Gasteiger partial charge in [-0.15, -0.1) is 0 Å². The molecule has 2 nitrogen and oxygen atoms in total. The van der Waals surface area contributed by atoms with Crippen LogP contribution in [0.3, 0.4) is 0 Å². The summed E-state index contributed by atoms with van der Waals surface area (Å²) >= 11 is 0. The lowest BCUT2D eigenvalue weighted by Gasteiger charge is -2.06. The van der Waals surface area contributed by atoms with Crippen molar-refractivity contribution >= 4 is 5.78 Å². The molecule has 1 atom stereocenters. The monoisotopic (exact) mass is 205 g/mol. The zero-order valence-electron chi connectivity index (χ0n) is 8.75. The van der Waals surface area contributed by atoms with Gasteiger partial charge in [-0.2, -0.15) is 5.26 Å². The first-order valence-electron chi connectivity index (χ1n) is 4.80. The minimum atomic E-state index is -0.749. The third-order valence-corrected chi connectivity index (χ3v) is 2.27. The van der Waals surface area contributed by atoms with E-state index in [2.05, 4.69) is 0 Å². The van der Waals surface area contributed by atoms with E-state index in [-0.39, 0.29) is 5.56 Å². The van der Waals surface area contributed by atoms with Crippen LogP contribution in [0.5, 0.6) is 0 Å². The fourth-order valence-electron chi connectivity index (χ4n) is 1.35. The SMILES string of the molecule is CCC(C#N)C(=O)c1cc(C)ccc1F. The highest BCUT2D eigenvalue weighted by Crippen LogP contribution is 2.16. The van der Waals surface area contributed by atoms with E-state index in [0.717, 1.165) is 5.56 Å². The molecule has 1 aromatic carbocycles. The van der Waals surface area contributed by atoms with Crippen LogP contribution in [0, 0.1) is 30.0 Å². The minimum absolute atomic E-state index is 0.0170. The zero-order chi connectivity index (χ0) is 11.4. The lowest BCUT2D eigenvalue weighted by atomic mass is 9.95. The number of hydrogen-bond donors (Lipinski definition) is 0. The Kier molecular flexibility index (Phi) is 3.56. The van der Waals surface area contributed by atoms with Crippen molar-refractivity contribution < 1.29 is 9.18 Å². The van der Waals surface area contributed by atoms with Gasteiger partial charge in [0.15, 0.2) is 5.78 Å². The molecule has 0 N–H and O–H groups in total. The van der Waals surface area contributed by atoms with Gasteiger partial charge in [0, 0.05) is 0 Å². The molecule has 0 aliphatic rings. The van der Waals surface area contributed by atoms with Crippen LogP contribution in [0.1, 0.15) is 29.3 Å². The summed E-state index contributed by atoms with van der Waals surface area (Å²) in [7, 11) is 0. The quantitative estimate of drug-likeness (QED) is 0.712. The van der Waals surface area contributed by atoms with Gasteiger partial charge in [0.2, 0.25) is 0 Å². The third-order valence-electron chi connectivity index (χ3n) is 2.27. The average Bonchev–Trinajstić information content (AvgIpc) is 2.23. The molecule has 0 aromatic heterocycles. The summed E-state index contributed by atoms with van der Waals surface area (Å²) in [6.45, 7) is 3.52. The van der Waals surface area contributed by atoms with Gasteiger partial charge in [-0.1, -0.05) is 18.6 Å². The molecule has 0 fully saturated rings. The predicted octanol–water partition coefficient (Wildman–Crippen LogP) is 2.87. The van der Waals surface area contributed by atoms with E-state index in [1.165, 1.54) is 12.1 Å². The Labute approximate surface area is 88.3 Å². The number of halogens is 1. The van der Waals surface area contributed by atoms with E-state index in [9.17, 15) is 9.18 Å². The van der Waals surface area contributed by atoms with Crippen molar-refractivity contribution in [1.82, 2.24) is 0 Å². The number of Topliss-reactive ketones (excluding diaryl/α,β-unsaturated/α-hetero) is 1. The van der Waals surface area contributed by atoms with Crippen LogP contribution in [0.15, 0.2) is 18.2 Å². The van der Waals surface area contributed by atoms with Gasteiger partial charge in [0.1, 0.15) is 11.7 Å². The summed E-state index contributed by atoms with van der Waals surface area (Å²) in [4.78, 5) is 11.7. The van der Waals surface area contributed by atoms with E-state index in [1.54, 1.807) is 19.9 Å². The molecule has 3 heteroatoms. The third kappa shape index (κ3) is 2.41. The summed E-state index contributed by atoms with van der Waals surface area (Å²) in [5.41, 5.74) is 0.830. The number of benzene rings is 1. The maximum atomic E-state index is 13.3. The molecule has 78 valence electrons. The van der Waals surface area contributed by atoms with Crippen molar-refractivity contribution in [3.05, 3.63) is 35.1 Å². The maximum absolute atomic E-state index is 13.3. The van der Waals surface area contributed by atoms with Crippen molar-refractivity contribution in [3.63, 3.8) is 0 Å². The highest BCUT2D eigenvalue weighted by atomic mass is 19.1. The van der Waals surface area contributed by atoms with Gasteiger partial charge in [0.05, 0.1) is 11.6 Å². The van der Waals surface area contributed by atoms with Gasteiger partial charge in [-0.25, -0.2) is 4.39 Å². The molecule has 0 spiro atoms. The molecule has 0 saturated heterocycles. The first-order chi connectivity index (χ1) is 7.10. The number of aryl methyl sites for hydroxylation is 1. The van der Waals surface area contributed by atoms with E-state index in [4.69, 9.17) is 5.26 Å². The molecule has 0 radical (unpaired) electrons. The number of nitriles is 1. The van der Waals surface area contributed by atoms with E-state index < -0.39 is 17.5 Å². The molecule has 1 aromatic rings. The number of rotatable bonds is 3. The van der Waals surface area contributed by atoms with Gasteiger partial charge in [-0.3, -0.25) is 4.79 Å². The van der Waals surface area contributed by atoms with Crippen LogP contribution in [0.25, 0.3) is 0 Å². The number of ketones is 1. The van der Waals surface area contributed by atoms with Crippen LogP contribution in [-0.4, -0.2) is 5.78 Å². The van der Waals surface area contributed by atoms with Crippen molar-refractivity contribution in [3.8, 4) is 6.07 Å². The fraction of sp³-hybridized carbons (Fsp3) is 0.333. The first kappa shape index (κ1) is 11.4. The van der Waals surface area contributed by atoms with Gasteiger partial charge in [-0.05, 0) is 25.5 Å². The summed E-state index contributed by atoms with van der Waals surface area (Å²) in [5.74, 6) is -1.73. The highest BCUT2D eigenvalue weighted by molar-refractivity contribution is 5.99. The normalized spacial score (nSPS) is 11.9. The van der Waals surface area contributed by atoms with E-state index in [0.29, 0.717) is 6.42 Å². The molecule has 1 rings (SSSR count). The Bertz CT molecular complexity index is 420. The van der Waals surface area contributed by atoms with Gasteiger partial charge < -0.3 is 0 Å². The summed E-state index contributed by atoms with van der Waals surface area (Å²) in [6.07, 6.45) is 0.405. The topological polar surface area (TPSA) is 40.9 Å². The average molecular weight is 205 g/mol. The molecule has 15 heavy (non-hydrogen) atoms. The Morgan fingerprint density at radius 1 is 1.60 bits per heavy atom. The number of carbonyl (C=O) groups excluding carboxylic acids is 1. The predicted molar refractivity (Wildman–Crippen MR) is 54.9 cm³/mol. The first-order valence-corrected chi connectivity index (χ1v) is 4.80. The van der Waals surface area contributed by atoms with Crippen LogP contribution in [-0.2, 0) is 0 Å². The molecule has 0 aliphatic heterocycles. The lowest BCUT2D eigenvalue weighted by Crippen LogP contribution is -2.13. The molecule has 1 unspecified atom stereocenters. The summed E-state index contributed by atoms with van der Waals surface area (Å²) in [6, 6.07) is 6.22. The number of hydrogen-bond acceptors (Lipinski definition) is 2. The van der Waals surface area contributed by atoms with Crippen LogP contribution < -0.4 is 0 Å². The Morgan fingerprint density at radius 2 is 2.27 bits per heavy atom. The zero-order valence-corrected chi connectivity index (χ0v) is 8.75. The van der Waals surface area contributed by atoms with Gasteiger partial charge in [0.25, 0.3) is 0 Å². The van der Waals surface area contributed by atoms with Crippen molar-refractivity contribution in [2.45, 2.75) is 20.3 Å². The molecular formula is C12H12FNO. The van der Waals surface area contributed by atoms with E-state index in [1.807, 2.05) is 6.07 Å². The lowest BCUT2D eigenvalue weighted by molar-refractivity contribution is 0.0942. The minimum Gasteiger partial charge on any atom is -0.293 e. The second-order valence-electron chi connectivity index (χ2n) is 3.44. The Morgan fingerprint density at radius 3 is 2.80 bits per heavy atom. The van der Waals surface area contributed by atoms with Gasteiger partial charge >= 0.3 is 0 Å². The van der Waals surface area contributed by atoms with Crippen LogP contribution >= 0.6 is 0 Å². The highest BCUT2D eigenvalue weighted by Gasteiger charge is 2.20. The second kappa shape index (κ2) is 4.70. The Hall–Kier alpha value is -1.69. The van der Waals surface area contributed by atoms with Crippen molar-refractivity contribution in [2.75, 3.05) is 0 Å². The molecule has 0 bridgehead atoms. The smallest absolute Gasteiger partial charge is 0.182 e. The molecule has 0 heterocycles. The number of carbonyl (C=O) groups is 1. The van der Waals surface area contributed by atoms with Crippen LogP contribution in [0.4, 0.5) is 4.39 Å². The molecule has 0 saturated carbocycles. The fourth-order valence-corrected chi connectivity index (χ4v) is 1.35. The molecule has 0 aliphatic carbocycles. The second-order valence-corrected chi connectivity index (χ2v) is 3.44.